The van der Waals surface area contributed by atoms with E-state index < -0.39 is 0 Å². The van der Waals surface area contributed by atoms with Crippen molar-refractivity contribution in [3.63, 3.8) is 0 Å². The summed E-state index contributed by atoms with van der Waals surface area (Å²) in [7, 11) is 0. The number of aryl methyl sites for hydroxylation is 2. The van der Waals surface area contributed by atoms with Crippen molar-refractivity contribution in [2.24, 2.45) is 11.8 Å². The van der Waals surface area contributed by atoms with Crippen LogP contribution in [0.25, 0.3) is 11.0 Å². The van der Waals surface area contributed by atoms with Crippen LogP contribution in [0.15, 0.2) is 22.6 Å². The molecule has 0 radical (unpaired) electrons. The van der Waals surface area contributed by atoms with Gasteiger partial charge in [0.15, 0.2) is 0 Å². The summed E-state index contributed by atoms with van der Waals surface area (Å²) in [5.41, 5.74) is 2.22. The third kappa shape index (κ3) is 1.92. The standard InChI is InChI=1S/C17H18O3/c1-10-8-13(10)17(18)19-11-6-7-16-14(9-11)12-4-2-3-5-15(12)20-16/h6-7,9-10,13H,2-5,8H2,1H3. The normalized spacial score (nSPS) is 24.4. The summed E-state index contributed by atoms with van der Waals surface area (Å²) in [6.45, 7) is 2.08. The summed E-state index contributed by atoms with van der Waals surface area (Å²) < 4.78 is 11.4. The van der Waals surface area contributed by atoms with Crippen LogP contribution in [0.3, 0.4) is 0 Å². The first-order valence-corrected chi connectivity index (χ1v) is 7.48. The van der Waals surface area contributed by atoms with E-state index in [0.717, 1.165) is 36.0 Å². The fraction of sp³-hybridized carbons (Fsp3) is 0.471. The Kier molecular flexibility index (Phi) is 2.62. The Morgan fingerprint density at radius 3 is 2.90 bits per heavy atom. The molecule has 2 aliphatic carbocycles. The average molecular weight is 270 g/mol. The lowest BCUT2D eigenvalue weighted by atomic mass is 9.96. The predicted octanol–water partition coefficient (Wildman–Crippen LogP) is 3.87. The third-order valence-electron chi connectivity index (χ3n) is 4.56. The lowest BCUT2D eigenvalue weighted by molar-refractivity contribution is -0.136. The number of hydrogen-bond acceptors (Lipinski definition) is 3. The summed E-state index contributed by atoms with van der Waals surface area (Å²) in [6.07, 6.45) is 5.47. The van der Waals surface area contributed by atoms with Crippen LogP contribution >= 0.6 is 0 Å². The number of ether oxygens (including phenoxy) is 1. The number of carbonyl (C=O) groups excluding carboxylic acids is 1. The number of furan rings is 1. The van der Waals surface area contributed by atoms with Gasteiger partial charge in [-0.05, 0) is 49.8 Å². The van der Waals surface area contributed by atoms with E-state index in [4.69, 9.17) is 9.15 Å². The van der Waals surface area contributed by atoms with Crippen molar-refractivity contribution >= 4 is 16.9 Å². The molecule has 1 aromatic carbocycles. The zero-order valence-corrected chi connectivity index (χ0v) is 11.6. The summed E-state index contributed by atoms with van der Waals surface area (Å²) in [5, 5.41) is 1.12. The highest BCUT2D eigenvalue weighted by Gasteiger charge is 2.40. The van der Waals surface area contributed by atoms with Crippen LogP contribution in [0.1, 0.15) is 37.5 Å². The van der Waals surface area contributed by atoms with Crippen molar-refractivity contribution in [1.82, 2.24) is 0 Å². The molecule has 0 saturated heterocycles. The van der Waals surface area contributed by atoms with E-state index in [2.05, 4.69) is 6.92 Å². The van der Waals surface area contributed by atoms with Gasteiger partial charge in [0.25, 0.3) is 0 Å². The highest BCUT2D eigenvalue weighted by atomic mass is 16.5. The molecule has 0 N–H and O–H groups in total. The van der Waals surface area contributed by atoms with Gasteiger partial charge in [0.2, 0.25) is 0 Å². The summed E-state index contributed by atoms with van der Waals surface area (Å²) in [6, 6.07) is 5.72. The van der Waals surface area contributed by atoms with Gasteiger partial charge in [-0.25, -0.2) is 0 Å². The van der Waals surface area contributed by atoms with E-state index in [0.29, 0.717) is 11.7 Å². The maximum absolute atomic E-state index is 11.9. The molecule has 3 heteroatoms. The van der Waals surface area contributed by atoms with Gasteiger partial charge >= 0.3 is 5.97 Å². The number of carbonyl (C=O) groups is 1. The zero-order valence-electron chi connectivity index (χ0n) is 11.6. The molecular weight excluding hydrogens is 252 g/mol. The van der Waals surface area contributed by atoms with Gasteiger partial charge in [0.05, 0.1) is 5.92 Å². The van der Waals surface area contributed by atoms with Gasteiger partial charge in [-0.2, -0.15) is 0 Å². The number of esters is 1. The van der Waals surface area contributed by atoms with Crippen molar-refractivity contribution in [3.05, 3.63) is 29.5 Å². The lowest BCUT2D eigenvalue weighted by Gasteiger charge is -2.08. The number of fused-ring (bicyclic) bond motifs is 3. The molecular formula is C17H18O3. The zero-order chi connectivity index (χ0) is 13.7. The van der Waals surface area contributed by atoms with E-state index in [1.807, 2.05) is 18.2 Å². The Balaban J connectivity index is 1.66. The van der Waals surface area contributed by atoms with E-state index in [9.17, 15) is 4.79 Å². The van der Waals surface area contributed by atoms with Crippen LogP contribution < -0.4 is 4.74 Å². The molecule has 0 spiro atoms. The molecule has 20 heavy (non-hydrogen) atoms. The van der Waals surface area contributed by atoms with Gasteiger partial charge in [0, 0.05) is 17.4 Å². The van der Waals surface area contributed by atoms with Crippen LogP contribution in [-0.2, 0) is 17.6 Å². The van der Waals surface area contributed by atoms with Crippen LogP contribution in [0.2, 0.25) is 0 Å². The van der Waals surface area contributed by atoms with E-state index in [-0.39, 0.29) is 11.9 Å². The highest BCUT2D eigenvalue weighted by Crippen LogP contribution is 2.39. The molecule has 3 nitrogen and oxygen atoms in total. The van der Waals surface area contributed by atoms with Gasteiger partial charge in [-0.1, -0.05) is 6.92 Å². The number of hydrogen-bond donors (Lipinski definition) is 0. The minimum Gasteiger partial charge on any atom is -0.461 e. The minimum atomic E-state index is -0.0887. The fourth-order valence-corrected chi connectivity index (χ4v) is 3.15. The highest BCUT2D eigenvalue weighted by molar-refractivity contribution is 5.85. The Morgan fingerprint density at radius 1 is 1.30 bits per heavy atom. The quantitative estimate of drug-likeness (QED) is 0.614. The van der Waals surface area contributed by atoms with Crippen LogP contribution in [-0.4, -0.2) is 5.97 Å². The largest absolute Gasteiger partial charge is 0.461 e. The smallest absolute Gasteiger partial charge is 0.314 e. The van der Waals surface area contributed by atoms with E-state index >= 15 is 0 Å². The molecule has 2 aromatic rings. The molecule has 1 aromatic heterocycles. The van der Waals surface area contributed by atoms with E-state index in [1.165, 1.54) is 18.4 Å². The molecule has 1 heterocycles. The fourth-order valence-electron chi connectivity index (χ4n) is 3.15. The molecule has 4 rings (SSSR count). The maximum atomic E-state index is 11.9. The van der Waals surface area contributed by atoms with Crippen molar-refractivity contribution < 1.29 is 13.9 Å². The Bertz CT molecular complexity index is 683. The first-order valence-electron chi connectivity index (χ1n) is 7.48. The second-order valence-electron chi connectivity index (χ2n) is 6.11. The minimum absolute atomic E-state index is 0.0887. The molecule has 2 unspecified atom stereocenters. The Labute approximate surface area is 117 Å². The maximum Gasteiger partial charge on any atom is 0.314 e. The summed E-state index contributed by atoms with van der Waals surface area (Å²) in [4.78, 5) is 11.9. The molecule has 2 atom stereocenters. The van der Waals surface area contributed by atoms with Crippen molar-refractivity contribution in [2.45, 2.75) is 39.0 Å². The molecule has 0 amide bonds. The monoisotopic (exact) mass is 270 g/mol. The molecule has 1 saturated carbocycles. The first-order chi connectivity index (χ1) is 9.72. The summed E-state index contributed by atoms with van der Waals surface area (Å²) >= 11 is 0. The van der Waals surface area contributed by atoms with Gasteiger partial charge in [-0.3, -0.25) is 4.79 Å². The van der Waals surface area contributed by atoms with Gasteiger partial charge in [0.1, 0.15) is 17.1 Å². The predicted molar refractivity (Wildman–Crippen MR) is 75.8 cm³/mol. The topological polar surface area (TPSA) is 39.4 Å². The Hall–Kier alpha value is -1.77. The third-order valence-corrected chi connectivity index (χ3v) is 4.56. The van der Waals surface area contributed by atoms with Crippen molar-refractivity contribution in [3.8, 4) is 5.75 Å². The van der Waals surface area contributed by atoms with Gasteiger partial charge < -0.3 is 9.15 Å². The number of rotatable bonds is 2. The lowest BCUT2D eigenvalue weighted by Crippen LogP contribution is -2.10. The van der Waals surface area contributed by atoms with Gasteiger partial charge in [-0.15, -0.1) is 0 Å². The van der Waals surface area contributed by atoms with Crippen LogP contribution in [0.5, 0.6) is 5.75 Å². The van der Waals surface area contributed by atoms with Crippen molar-refractivity contribution in [2.75, 3.05) is 0 Å². The summed E-state index contributed by atoms with van der Waals surface area (Å²) in [5.74, 6) is 2.26. The molecule has 1 fully saturated rings. The molecule has 2 aliphatic rings. The van der Waals surface area contributed by atoms with Crippen molar-refractivity contribution in [1.29, 1.82) is 0 Å². The molecule has 0 aliphatic heterocycles. The van der Waals surface area contributed by atoms with Crippen LogP contribution in [0, 0.1) is 11.8 Å². The molecule has 0 bridgehead atoms. The molecule has 104 valence electrons. The second kappa shape index (κ2) is 4.37. The average Bonchev–Trinajstić information content (AvgIpc) is 3.08. The second-order valence-corrected chi connectivity index (χ2v) is 6.11. The van der Waals surface area contributed by atoms with Crippen LogP contribution in [0.4, 0.5) is 0 Å². The van der Waals surface area contributed by atoms with E-state index in [1.54, 1.807) is 0 Å². The number of benzene rings is 1. The first kappa shape index (κ1) is 12.0. The SMILES string of the molecule is CC1CC1C(=O)Oc1ccc2oc3c(c2c1)CCCC3. The Morgan fingerprint density at radius 2 is 2.10 bits per heavy atom.